The van der Waals surface area contributed by atoms with E-state index in [1.54, 1.807) is 5.57 Å². The van der Waals surface area contributed by atoms with E-state index in [2.05, 4.69) is 74.8 Å². The number of rotatable bonds is 2. The summed E-state index contributed by atoms with van der Waals surface area (Å²) in [5.74, 6) is 0. The molecule has 0 saturated carbocycles. The Balaban J connectivity index is 2.09. The summed E-state index contributed by atoms with van der Waals surface area (Å²) in [6.45, 7) is 10.8. The zero-order chi connectivity index (χ0) is 18.8. The van der Waals surface area contributed by atoms with Gasteiger partial charge in [-0.3, -0.25) is 0 Å². The lowest BCUT2D eigenvalue weighted by molar-refractivity contribution is 0.656. The molecule has 0 saturated heterocycles. The topological polar surface area (TPSA) is 15.8 Å². The smallest absolute Gasteiger partial charge is 0.0474 e. The van der Waals surface area contributed by atoms with E-state index < -0.39 is 0 Å². The molecule has 0 unspecified atom stereocenters. The van der Waals surface area contributed by atoms with E-state index in [1.807, 2.05) is 12.2 Å². The maximum absolute atomic E-state index is 3.85. The molecule has 2 aromatic carbocycles. The van der Waals surface area contributed by atoms with Crippen molar-refractivity contribution in [3.8, 4) is 11.1 Å². The molecule has 5 rings (SSSR count). The molecule has 0 radical (unpaired) electrons. The molecular formula is C26H25N. The first-order chi connectivity index (χ1) is 13.0. The number of hydrogen-bond acceptors (Lipinski definition) is 0. The molecule has 0 atom stereocenters. The highest BCUT2D eigenvalue weighted by Gasteiger charge is 2.35. The van der Waals surface area contributed by atoms with Crippen LogP contribution in [0.5, 0.6) is 0 Å². The number of nitrogens with one attached hydrogen (secondary N) is 1. The van der Waals surface area contributed by atoms with Crippen LogP contribution >= 0.6 is 0 Å². The molecular weight excluding hydrogens is 326 g/mol. The Labute approximate surface area is 160 Å². The van der Waals surface area contributed by atoms with Crippen LogP contribution in [0.25, 0.3) is 39.8 Å². The average molecular weight is 351 g/mol. The lowest BCUT2D eigenvalue weighted by Gasteiger charge is -2.37. The predicted molar refractivity (Wildman–Crippen MR) is 117 cm³/mol. The van der Waals surface area contributed by atoms with E-state index in [1.165, 1.54) is 49.3 Å². The maximum Gasteiger partial charge on any atom is 0.0474 e. The molecule has 1 nitrogen and oxygen atoms in total. The van der Waals surface area contributed by atoms with E-state index in [4.69, 9.17) is 0 Å². The number of aryl methyl sites for hydroxylation is 1. The van der Waals surface area contributed by atoms with Gasteiger partial charge in [0.25, 0.3) is 0 Å². The Morgan fingerprint density at radius 1 is 1.19 bits per heavy atom. The Morgan fingerprint density at radius 2 is 2.00 bits per heavy atom. The summed E-state index contributed by atoms with van der Waals surface area (Å²) in [6.07, 6.45) is 10.8. The first-order valence-electron chi connectivity index (χ1n) is 9.82. The van der Waals surface area contributed by atoms with Gasteiger partial charge in [0.2, 0.25) is 0 Å². The third-order valence-electron chi connectivity index (χ3n) is 6.44. The highest BCUT2D eigenvalue weighted by atomic mass is 14.7. The van der Waals surface area contributed by atoms with Gasteiger partial charge in [-0.25, -0.2) is 0 Å². The van der Waals surface area contributed by atoms with Crippen LogP contribution in [-0.4, -0.2) is 4.98 Å². The second-order valence-electron chi connectivity index (χ2n) is 8.29. The van der Waals surface area contributed by atoms with Gasteiger partial charge in [0.15, 0.2) is 0 Å². The summed E-state index contributed by atoms with van der Waals surface area (Å²) in [6, 6.07) is 11.3. The molecule has 1 N–H and O–H groups in total. The summed E-state index contributed by atoms with van der Waals surface area (Å²) in [5, 5.41) is 4.21. The van der Waals surface area contributed by atoms with Gasteiger partial charge in [0.1, 0.15) is 0 Å². The lowest BCUT2D eigenvalue weighted by Crippen LogP contribution is -2.41. The average Bonchev–Trinajstić information content (AvgIpc) is 2.98. The van der Waals surface area contributed by atoms with Crippen molar-refractivity contribution in [3.63, 3.8) is 0 Å². The minimum absolute atomic E-state index is 0.0722. The summed E-state index contributed by atoms with van der Waals surface area (Å²) < 4.78 is 0. The largest absolute Gasteiger partial charge is 0.358 e. The fourth-order valence-corrected chi connectivity index (χ4v) is 5.20. The summed E-state index contributed by atoms with van der Waals surface area (Å²) >= 11 is 0. The Bertz CT molecular complexity index is 1260. The van der Waals surface area contributed by atoms with Crippen LogP contribution < -0.4 is 10.4 Å². The van der Waals surface area contributed by atoms with Crippen molar-refractivity contribution < 1.29 is 0 Å². The van der Waals surface area contributed by atoms with Gasteiger partial charge in [-0.15, -0.1) is 0 Å². The van der Waals surface area contributed by atoms with Gasteiger partial charge >= 0.3 is 0 Å². The molecule has 3 aromatic rings. The van der Waals surface area contributed by atoms with Crippen LogP contribution in [0.1, 0.15) is 43.5 Å². The van der Waals surface area contributed by atoms with Crippen molar-refractivity contribution in [1.82, 2.24) is 4.98 Å². The molecule has 0 aliphatic heterocycles. The Kier molecular flexibility index (Phi) is 3.40. The summed E-state index contributed by atoms with van der Waals surface area (Å²) in [4.78, 5) is 3.64. The van der Waals surface area contributed by atoms with Crippen molar-refractivity contribution in [1.29, 1.82) is 0 Å². The van der Waals surface area contributed by atoms with Crippen LogP contribution in [0.3, 0.4) is 0 Å². The zero-order valence-electron chi connectivity index (χ0n) is 16.3. The second-order valence-corrected chi connectivity index (χ2v) is 8.29. The van der Waals surface area contributed by atoms with E-state index in [9.17, 15) is 0 Å². The summed E-state index contributed by atoms with van der Waals surface area (Å²) in [7, 11) is 0. The quantitative estimate of drug-likeness (QED) is 0.598. The van der Waals surface area contributed by atoms with Crippen LogP contribution in [0.4, 0.5) is 0 Å². The van der Waals surface area contributed by atoms with E-state index in [-0.39, 0.29) is 5.41 Å². The molecule has 0 fully saturated rings. The molecule has 27 heavy (non-hydrogen) atoms. The van der Waals surface area contributed by atoms with Crippen LogP contribution in [0.15, 0.2) is 49.1 Å². The van der Waals surface area contributed by atoms with Gasteiger partial charge in [-0.1, -0.05) is 74.6 Å². The number of fused-ring (bicyclic) bond motifs is 4. The van der Waals surface area contributed by atoms with E-state index in [0.29, 0.717) is 0 Å². The van der Waals surface area contributed by atoms with Crippen LogP contribution in [-0.2, 0) is 5.41 Å². The minimum Gasteiger partial charge on any atom is -0.358 e. The Hall–Kier alpha value is -2.80. The number of aromatic amines is 1. The van der Waals surface area contributed by atoms with E-state index >= 15 is 0 Å². The third-order valence-corrected chi connectivity index (χ3v) is 6.44. The number of hydrogen-bond donors (Lipinski definition) is 1. The second kappa shape index (κ2) is 5.60. The molecule has 0 amide bonds. The first-order valence-corrected chi connectivity index (χ1v) is 9.82. The summed E-state index contributed by atoms with van der Waals surface area (Å²) in [5.41, 5.74) is 9.64. The fraction of sp³-hybridized carbons (Fsp3) is 0.231. The van der Waals surface area contributed by atoms with Gasteiger partial charge < -0.3 is 4.98 Å². The molecule has 0 bridgehead atoms. The molecule has 1 heterocycles. The molecule has 0 spiro atoms. The Morgan fingerprint density at radius 3 is 2.81 bits per heavy atom. The van der Waals surface area contributed by atoms with Crippen molar-refractivity contribution in [3.05, 3.63) is 76.3 Å². The van der Waals surface area contributed by atoms with E-state index in [0.717, 1.165) is 12.8 Å². The SMILES string of the molecule is C=C/C=C\c1c(C)[nH]c2cc3c4c(c12)-c1ccccc1C(C)(C)C=4CCC=3. The third kappa shape index (κ3) is 2.12. The maximum atomic E-state index is 3.85. The molecule has 134 valence electrons. The number of aromatic nitrogens is 1. The van der Waals surface area contributed by atoms with Crippen LogP contribution in [0, 0.1) is 6.92 Å². The van der Waals surface area contributed by atoms with Crippen LogP contribution in [0.2, 0.25) is 0 Å². The van der Waals surface area contributed by atoms with Crippen molar-refractivity contribution in [2.24, 2.45) is 0 Å². The molecule has 2 aliphatic carbocycles. The number of allylic oxidation sites excluding steroid dienone is 2. The highest BCUT2D eigenvalue weighted by Crippen LogP contribution is 2.45. The van der Waals surface area contributed by atoms with Gasteiger partial charge in [0.05, 0.1) is 0 Å². The standard InChI is InChI=1S/C26H25N/c1-5-6-11-18-16(2)27-22-15-17-10-9-14-21-23(17)25(24(18)22)19-12-7-8-13-20(19)26(21,3)4/h5-8,10-13,15,27H,1,9,14H2,2-4H3/b11-6-. The number of H-pyrrole nitrogens is 1. The predicted octanol–water partition coefficient (Wildman–Crippen LogP) is 5.36. The lowest BCUT2D eigenvalue weighted by atomic mass is 9.66. The van der Waals surface area contributed by atoms with Crippen molar-refractivity contribution in [2.45, 2.75) is 39.0 Å². The van der Waals surface area contributed by atoms with Gasteiger partial charge in [-0.2, -0.15) is 0 Å². The van der Waals surface area contributed by atoms with Crippen molar-refractivity contribution >= 4 is 28.6 Å². The monoisotopic (exact) mass is 351 g/mol. The first kappa shape index (κ1) is 16.4. The van der Waals surface area contributed by atoms with Gasteiger partial charge in [0, 0.05) is 27.6 Å². The fourth-order valence-electron chi connectivity index (χ4n) is 5.20. The highest BCUT2D eigenvalue weighted by molar-refractivity contribution is 6.05. The number of benzene rings is 2. The molecule has 1 heteroatoms. The van der Waals surface area contributed by atoms with Gasteiger partial charge in [-0.05, 0) is 53.0 Å². The zero-order valence-corrected chi connectivity index (χ0v) is 16.3. The molecule has 1 aromatic heterocycles. The normalized spacial score (nSPS) is 16.9. The van der Waals surface area contributed by atoms with Crippen molar-refractivity contribution in [2.75, 3.05) is 0 Å². The molecule has 2 aliphatic rings. The minimum atomic E-state index is 0.0722.